The van der Waals surface area contributed by atoms with E-state index in [0.717, 1.165) is 19.3 Å². The molecule has 1 aliphatic rings. The topological polar surface area (TPSA) is 75.1 Å². The first-order chi connectivity index (χ1) is 9.06. The maximum absolute atomic E-state index is 12.1. The van der Waals surface area contributed by atoms with Gasteiger partial charge in [0, 0.05) is 6.04 Å². The molecule has 2 N–H and O–H groups in total. The van der Waals surface area contributed by atoms with E-state index in [9.17, 15) is 9.59 Å². The van der Waals surface area contributed by atoms with Crippen molar-refractivity contribution in [2.75, 3.05) is 0 Å². The zero-order valence-corrected chi connectivity index (χ0v) is 10.7. The molecular weight excluding hydrogens is 244 g/mol. The lowest BCUT2D eigenvalue weighted by Gasteiger charge is -2.12. The van der Waals surface area contributed by atoms with E-state index in [1.165, 1.54) is 6.07 Å². The quantitative estimate of drug-likeness (QED) is 0.870. The third-order valence-corrected chi connectivity index (χ3v) is 4.00. The third kappa shape index (κ3) is 1.95. The van der Waals surface area contributed by atoms with E-state index < -0.39 is 5.97 Å². The Balaban J connectivity index is 2.17. The molecule has 0 radical (unpaired) electrons. The minimum atomic E-state index is -0.970. The number of fused-ring (bicyclic) bond motifs is 1. The average Bonchev–Trinajstić information content (AvgIpc) is 2.90. The Hall–Kier alpha value is -2.04. The molecule has 0 aliphatic heterocycles. The molecule has 2 atom stereocenters. The molecule has 2 aromatic rings. The van der Waals surface area contributed by atoms with Crippen molar-refractivity contribution in [3.8, 4) is 0 Å². The minimum Gasteiger partial charge on any atom is -0.478 e. The van der Waals surface area contributed by atoms with Gasteiger partial charge in [-0.2, -0.15) is 0 Å². The molecule has 0 saturated heterocycles. The summed E-state index contributed by atoms with van der Waals surface area (Å²) in [6.07, 6.45) is 3.07. The number of hydrogen-bond acceptors (Lipinski definition) is 2. The summed E-state index contributed by atoms with van der Waals surface area (Å²) < 4.78 is 1.73. The zero-order chi connectivity index (χ0) is 13.6. The Morgan fingerprint density at radius 1 is 1.42 bits per heavy atom. The third-order valence-electron chi connectivity index (χ3n) is 4.00. The fraction of sp³-hybridized carbons (Fsp3) is 0.429. The summed E-state index contributed by atoms with van der Waals surface area (Å²) in [5.74, 6) is -0.355. The Morgan fingerprint density at radius 2 is 2.21 bits per heavy atom. The lowest BCUT2D eigenvalue weighted by molar-refractivity contribution is 0.0697. The van der Waals surface area contributed by atoms with Crippen molar-refractivity contribution < 1.29 is 9.90 Å². The highest BCUT2D eigenvalue weighted by molar-refractivity contribution is 5.92. The van der Waals surface area contributed by atoms with Crippen molar-refractivity contribution in [1.29, 1.82) is 0 Å². The Morgan fingerprint density at radius 3 is 2.84 bits per heavy atom. The molecule has 5 heteroatoms. The highest BCUT2D eigenvalue weighted by atomic mass is 16.4. The molecule has 0 bridgehead atoms. The van der Waals surface area contributed by atoms with Gasteiger partial charge in [0.05, 0.1) is 16.6 Å². The first-order valence-electron chi connectivity index (χ1n) is 6.54. The van der Waals surface area contributed by atoms with Crippen LogP contribution in [0.5, 0.6) is 0 Å². The van der Waals surface area contributed by atoms with Gasteiger partial charge >= 0.3 is 11.7 Å². The van der Waals surface area contributed by atoms with Crippen LogP contribution in [0.2, 0.25) is 0 Å². The van der Waals surface area contributed by atoms with E-state index in [1.54, 1.807) is 16.7 Å². The number of carbonyl (C=O) groups is 1. The van der Waals surface area contributed by atoms with Crippen LogP contribution in [0.3, 0.4) is 0 Å². The lowest BCUT2D eigenvalue weighted by Crippen LogP contribution is -2.20. The Kier molecular flexibility index (Phi) is 2.69. The number of carboxylic acid groups (broad SMARTS) is 1. The van der Waals surface area contributed by atoms with E-state index in [0.29, 0.717) is 17.0 Å². The average molecular weight is 260 g/mol. The maximum atomic E-state index is 12.1. The number of H-pyrrole nitrogens is 1. The Labute approximate surface area is 109 Å². The molecule has 100 valence electrons. The van der Waals surface area contributed by atoms with E-state index >= 15 is 0 Å². The summed E-state index contributed by atoms with van der Waals surface area (Å²) >= 11 is 0. The number of nitrogens with zero attached hydrogens (tertiary/aromatic N) is 1. The number of aromatic amines is 1. The maximum Gasteiger partial charge on any atom is 0.335 e. The molecule has 19 heavy (non-hydrogen) atoms. The monoisotopic (exact) mass is 260 g/mol. The SMILES string of the molecule is CC1CCC(n2c(=O)[nH]c3ccc(C(=O)O)cc32)C1. The zero-order valence-electron chi connectivity index (χ0n) is 10.7. The van der Waals surface area contributed by atoms with Crippen LogP contribution in [0, 0.1) is 5.92 Å². The second-order valence-electron chi connectivity index (χ2n) is 5.41. The summed E-state index contributed by atoms with van der Waals surface area (Å²) in [6.45, 7) is 2.18. The van der Waals surface area contributed by atoms with Gasteiger partial charge in [-0.1, -0.05) is 6.92 Å². The van der Waals surface area contributed by atoms with Crippen molar-refractivity contribution in [3.63, 3.8) is 0 Å². The number of hydrogen-bond donors (Lipinski definition) is 2. The molecule has 1 aromatic heterocycles. The molecule has 5 nitrogen and oxygen atoms in total. The van der Waals surface area contributed by atoms with E-state index in [1.807, 2.05) is 0 Å². The van der Waals surface area contributed by atoms with Crippen LogP contribution in [-0.2, 0) is 0 Å². The number of aromatic nitrogens is 2. The van der Waals surface area contributed by atoms with Gasteiger partial charge in [0.2, 0.25) is 0 Å². The number of aromatic carboxylic acids is 1. The highest BCUT2D eigenvalue weighted by Crippen LogP contribution is 2.34. The standard InChI is InChI=1S/C14H16N2O3/c1-8-2-4-10(6-8)16-12-7-9(13(17)18)3-5-11(12)15-14(16)19/h3,5,7-8,10H,2,4,6H2,1H3,(H,15,19)(H,17,18). The predicted octanol–water partition coefficient (Wildman–Crippen LogP) is 2.39. The molecular formula is C14H16N2O3. The van der Waals surface area contributed by atoms with Gasteiger partial charge in [-0.15, -0.1) is 0 Å². The number of nitrogens with one attached hydrogen (secondary N) is 1. The summed E-state index contributed by atoms with van der Waals surface area (Å²) in [5, 5.41) is 9.05. The van der Waals surface area contributed by atoms with Crippen molar-refractivity contribution in [3.05, 3.63) is 34.2 Å². The van der Waals surface area contributed by atoms with Crippen LogP contribution in [0.15, 0.2) is 23.0 Å². The number of imidazole rings is 1. The van der Waals surface area contributed by atoms with Crippen molar-refractivity contribution >= 4 is 17.0 Å². The highest BCUT2D eigenvalue weighted by Gasteiger charge is 2.25. The Bertz CT molecular complexity index is 698. The number of carboxylic acids is 1. The van der Waals surface area contributed by atoms with Crippen LogP contribution in [-0.4, -0.2) is 20.6 Å². The second-order valence-corrected chi connectivity index (χ2v) is 5.41. The normalized spacial score (nSPS) is 23.0. The summed E-state index contributed by atoms with van der Waals surface area (Å²) in [7, 11) is 0. The van der Waals surface area contributed by atoms with Crippen LogP contribution in [0.4, 0.5) is 0 Å². The van der Waals surface area contributed by atoms with E-state index in [4.69, 9.17) is 5.11 Å². The van der Waals surface area contributed by atoms with Gasteiger partial charge in [-0.25, -0.2) is 9.59 Å². The van der Waals surface area contributed by atoms with E-state index in [2.05, 4.69) is 11.9 Å². The second kappa shape index (κ2) is 4.26. The smallest absolute Gasteiger partial charge is 0.335 e. The largest absolute Gasteiger partial charge is 0.478 e. The molecule has 2 unspecified atom stereocenters. The van der Waals surface area contributed by atoms with Gasteiger partial charge in [0.25, 0.3) is 0 Å². The molecule has 1 aromatic carbocycles. The molecule has 0 amide bonds. The van der Waals surface area contributed by atoms with Crippen LogP contribution in [0.1, 0.15) is 42.6 Å². The molecule has 3 rings (SSSR count). The van der Waals surface area contributed by atoms with E-state index in [-0.39, 0.29) is 17.3 Å². The van der Waals surface area contributed by atoms with Crippen LogP contribution < -0.4 is 5.69 Å². The van der Waals surface area contributed by atoms with Gasteiger partial charge in [0.1, 0.15) is 0 Å². The lowest BCUT2D eigenvalue weighted by atomic mass is 10.1. The molecule has 1 fully saturated rings. The molecule has 0 spiro atoms. The predicted molar refractivity (Wildman–Crippen MR) is 71.6 cm³/mol. The fourth-order valence-electron chi connectivity index (χ4n) is 3.03. The summed E-state index contributed by atoms with van der Waals surface area (Å²) in [6, 6.07) is 4.94. The minimum absolute atomic E-state index is 0.142. The number of benzene rings is 1. The number of rotatable bonds is 2. The summed E-state index contributed by atoms with van der Waals surface area (Å²) in [4.78, 5) is 25.9. The van der Waals surface area contributed by atoms with Gasteiger partial charge in [-0.3, -0.25) is 4.57 Å². The van der Waals surface area contributed by atoms with Crippen LogP contribution in [0.25, 0.3) is 11.0 Å². The first kappa shape index (κ1) is 12.0. The van der Waals surface area contributed by atoms with Crippen molar-refractivity contribution in [1.82, 2.24) is 9.55 Å². The molecule has 1 aliphatic carbocycles. The molecule has 1 heterocycles. The van der Waals surface area contributed by atoms with Gasteiger partial charge < -0.3 is 10.1 Å². The summed E-state index contributed by atoms with van der Waals surface area (Å²) in [5.41, 5.74) is 1.47. The fourth-order valence-corrected chi connectivity index (χ4v) is 3.03. The molecule has 1 saturated carbocycles. The first-order valence-corrected chi connectivity index (χ1v) is 6.54. The van der Waals surface area contributed by atoms with Gasteiger partial charge in [-0.05, 0) is 43.4 Å². The van der Waals surface area contributed by atoms with Crippen molar-refractivity contribution in [2.24, 2.45) is 5.92 Å². The van der Waals surface area contributed by atoms with Gasteiger partial charge in [0.15, 0.2) is 0 Å². The van der Waals surface area contributed by atoms with Crippen molar-refractivity contribution in [2.45, 2.75) is 32.2 Å². The van der Waals surface area contributed by atoms with Crippen LogP contribution >= 0.6 is 0 Å².